The van der Waals surface area contributed by atoms with Gasteiger partial charge in [0.05, 0.1) is 19.1 Å². The van der Waals surface area contributed by atoms with Crippen molar-refractivity contribution in [3.05, 3.63) is 17.8 Å². The topological polar surface area (TPSA) is 87.4 Å². The molecule has 0 aliphatic rings. The first kappa shape index (κ1) is 14.2. The average Bonchev–Trinajstić information content (AvgIpc) is 2.61. The number of rotatable bonds is 6. The maximum atomic E-state index is 10.3. The van der Waals surface area contributed by atoms with Gasteiger partial charge in [0.25, 0.3) is 0 Å². The van der Waals surface area contributed by atoms with Crippen LogP contribution in [0.2, 0.25) is 0 Å². The van der Waals surface area contributed by atoms with Crippen LogP contribution in [0.5, 0.6) is 0 Å². The minimum atomic E-state index is -1.34. The predicted molar refractivity (Wildman–Crippen MR) is 44.4 cm³/mol. The van der Waals surface area contributed by atoms with Gasteiger partial charge in [-0.2, -0.15) is 0 Å². The first-order valence-corrected chi connectivity index (χ1v) is 4.09. The van der Waals surface area contributed by atoms with E-state index in [0.717, 1.165) is 6.26 Å². The molecule has 0 saturated carbocycles. The van der Waals surface area contributed by atoms with Gasteiger partial charge in [-0.1, -0.05) is 0 Å². The third-order valence-electron chi connectivity index (χ3n) is 1.52. The number of carboxylic acids is 1. The fourth-order valence-electron chi connectivity index (χ4n) is 0.855. The Bertz CT molecular complexity index is 303. The molecule has 0 spiro atoms. The summed E-state index contributed by atoms with van der Waals surface area (Å²) < 4.78 is 9.68. The molecule has 1 heterocycles. The summed E-state index contributed by atoms with van der Waals surface area (Å²) in [4.78, 5) is 14.0. The smallest absolute Gasteiger partial charge is 0.543 e. The fraction of sp³-hybridized carbons (Fsp3) is 0.500. The van der Waals surface area contributed by atoms with Gasteiger partial charge >= 0.3 is 18.9 Å². The standard InChI is InChI=1S/C8H12N2O4.Li/c1-13-3-2-9-4-7-10-6(5-14-7)8(11)12;/h5,9H,2-4H2,1H3,(H,11,12);/q;+1/p-1. The molecular weight excluding hydrogens is 195 g/mol. The molecule has 0 aliphatic heterocycles. The van der Waals surface area contributed by atoms with E-state index < -0.39 is 5.97 Å². The molecule has 0 fully saturated rings. The number of hydrogen-bond acceptors (Lipinski definition) is 6. The first-order chi connectivity index (χ1) is 6.74. The Hall–Kier alpha value is -0.803. The number of ether oxygens (including phenoxy) is 1. The normalized spacial score (nSPS) is 9.67. The van der Waals surface area contributed by atoms with Crippen LogP contribution in [0, 0.1) is 0 Å². The molecule has 0 unspecified atom stereocenters. The van der Waals surface area contributed by atoms with Crippen LogP contribution in [0.3, 0.4) is 0 Å². The van der Waals surface area contributed by atoms with E-state index in [1.807, 2.05) is 0 Å². The summed E-state index contributed by atoms with van der Waals surface area (Å²) in [6.45, 7) is 1.60. The summed E-state index contributed by atoms with van der Waals surface area (Å²) >= 11 is 0. The fourth-order valence-corrected chi connectivity index (χ4v) is 0.855. The molecule has 0 radical (unpaired) electrons. The molecule has 7 heteroatoms. The monoisotopic (exact) mass is 206 g/mol. The molecule has 6 nitrogen and oxygen atoms in total. The second-order valence-corrected chi connectivity index (χ2v) is 2.58. The minimum absolute atomic E-state index is 0. The van der Waals surface area contributed by atoms with Crippen LogP contribution in [0.15, 0.2) is 10.7 Å². The second-order valence-electron chi connectivity index (χ2n) is 2.58. The van der Waals surface area contributed by atoms with Crippen molar-refractivity contribution in [3.8, 4) is 0 Å². The molecular formula is C8H11LiN2O4. The van der Waals surface area contributed by atoms with E-state index in [9.17, 15) is 9.90 Å². The van der Waals surface area contributed by atoms with E-state index in [2.05, 4.69) is 10.3 Å². The number of aromatic carboxylic acids is 1. The molecule has 1 rings (SSSR count). The van der Waals surface area contributed by atoms with E-state index in [1.54, 1.807) is 7.11 Å². The number of aromatic nitrogens is 1. The van der Waals surface area contributed by atoms with Gasteiger partial charge in [-0.05, 0) is 0 Å². The number of carbonyl (C=O) groups excluding carboxylic acids is 1. The molecule has 15 heavy (non-hydrogen) atoms. The Labute approximate surface area is 99.2 Å². The third-order valence-corrected chi connectivity index (χ3v) is 1.52. The van der Waals surface area contributed by atoms with Crippen molar-refractivity contribution in [1.82, 2.24) is 10.3 Å². The number of nitrogens with zero attached hydrogens (tertiary/aromatic N) is 1. The van der Waals surface area contributed by atoms with Gasteiger partial charge < -0.3 is 24.4 Å². The zero-order valence-electron chi connectivity index (χ0n) is 8.78. The van der Waals surface area contributed by atoms with Gasteiger partial charge in [0.15, 0.2) is 0 Å². The second kappa shape index (κ2) is 7.48. The zero-order chi connectivity index (χ0) is 10.4. The summed E-state index contributed by atoms with van der Waals surface area (Å²) in [6.07, 6.45) is 1.06. The van der Waals surface area contributed by atoms with E-state index in [-0.39, 0.29) is 24.6 Å². The van der Waals surface area contributed by atoms with Crippen LogP contribution < -0.4 is 29.3 Å². The predicted octanol–water partition coefficient (Wildman–Crippen LogP) is -4.22. The summed E-state index contributed by atoms with van der Waals surface area (Å²) in [7, 11) is 1.60. The van der Waals surface area contributed by atoms with Crippen molar-refractivity contribution in [3.63, 3.8) is 0 Å². The van der Waals surface area contributed by atoms with Crippen molar-refractivity contribution >= 4 is 5.97 Å². The molecule has 78 valence electrons. The molecule has 0 aromatic carbocycles. The van der Waals surface area contributed by atoms with E-state index in [0.29, 0.717) is 25.6 Å². The number of carboxylic acid groups (broad SMARTS) is 1. The largest absolute Gasteiger partial charge is 1.00 e. The Morgan fingerprint density at radius 2 is 2.47 bits per heavy atom. The van der Waals surface area contributed by atoms with E-state index >= 15 is 0 Å². The first-order valence-electron chi connectivity index (χ1n) is 4.09. The van der Waals surface area contributed by atoms with Crippen molar-refractivity contribution < 1.29 is 37.9 Å². The van der Waals surface area contributed by atoms with Crippen molar-refractivity contribution in [2.24, 2.45) is 0 Å². The Morgan fingerprint density at radius 1 is 1.73 bits per heavy atom. The summed E-state index contributed by atoms with van der Waals surface area (Å²) in [5.41, 5.74) is -0.187. The maximum Gasteiger partial charge on any atom is 1.00 e. The van der Waals surface area contributed by atoms with Gasteiger partial charge in [0.2, 0.25) is 5.89 Å². The van der Waals surface area contributed by atoms with Crippen LogP contribution in [-0.4, -0.2) is 31.2 Å². The van der Waals surface area contributed by atoms with Crippen LogP contribution in [-0.2, 0) is 11.3 Å². The van der Waals surface area contributed by atoms with Crippen LogP contribution in [0.4, 0.5) is 0 Å². The maximum absolute atomic E-state index is 10.3. The number of hydrogen-bond donors (Lipinski definition) is 1. The number of oxazole rings is 1. The molecule has 0 bridgehead atoms. The number of carbonyl (C=O) groups is 1. The van der Waals surface area contributed by atoms with Gasteiger partial charge in [-0.15, -0.1) is 0 Å². The summed E-state index contributed by atoms with van der Waals surface area (Å²) in [5.74, 6) is -1.02. The summed E-state index contributed by atoms with van der Waals surface area (Å²) in [6, 6.07) is 0. The Kier molecular flexibility index (Phi) is 7.08. The van der Waals surface area contributed by atoms with Crippen molar-refractivity contribution in [2.45, 2.75) is 6.54 Å². The molecule has 1 aromatic heterocycles. The molecule has 1 N–H and O–H groups in total. The zero-order valence-corrected chi connectivity index (χ0v) is 8.78. The SMILES string of the molecule is COCCNCc1nc(C(=O)[O-])co1.[Li+]. The van der Waals surface area contributed by atoms with Crippen molar-refractivity contribution in [1.29, 1.82) is 0 Å². The average molecular weight is 206 g/mol. The van der Waals surface area contributed by atoms with Gasteiger partial charge in [-0.3, -0.25) is 0 Å². The van der Waals surface area contributed by atoms with Gasteiger partial charge in [0.1, 0.15) is 12.0 Å². The number of methoxy groups -OCH3 is 1. The Balaban J connectivity index is 0.00000196. The Morgan fingerprint density at radius 3 is 3.00 bits per heavy atom. The quantitative estimate of drug-likeness (QED) is 0.375. The van der Waals surface area contributed by atoms with Crippen LogP contribution >= 0.6 is 0 Å². The number of nitrogens with one attached hydrogen (secondary N) is 1. The molecule has 0 atom stereocenters. The van der Waals surface area contributed by atoms with Crippen molar-refractivity contribution in [2.75, 3.05) is 20.3 Å². The summed E-state index contributed by atoms with van der Waals surface area (Å²) in [5, 5.41) is 13.3. The van der Waals surface area contributed by atoms with E-state index in [4.69, 9.17) is 9.15 Å². The minimum Gasteiger partial charge on any atom is -0.543 e. The molecule has 0 saturated heterocycles. The molecule has 0 aliphatic carbocycles. The molecule has 0 amide bonds. The molecule has 1 aromatic rings. The van der Waals surface area contributed by atoms with Crippen LogP contribution in [0.25, 0.3) is 0 Å². The van der Waals surface area contributed by atoms with Gasteiger partial charge in [0, 0.05) is 13.7 Å². The van der Waals surface area contributed by atoms with Gasteiger partial charge in [-0.25, -0.2) is 4.98 Å². The van der Waals surface area contributed by atoms with E-state index in [1.165, 1.54) is 0 Å². The van der Waals surface area contributed by atoms with Crippen LogP contribution in [0.1, 0.15) is 16.4 Å². The third kappa shape index (κ3) is 5.00.